The Morgan fingerprint density at radius 3 is 2.33 bits per heavy atom. The first-order chi connectivity index (χ1) is 8.90. The summed E-state index contributed by atoms with van der Waals surface area (Å²) in [5.74, 6) is 0.481. The predicted octanol–water partition coefficient (Wildman–Crippen LogP) is 4.90. The smallest absolute Gasteiger partial charge is 0.0575 e. The Morgan fingerprint density at radius 2 is 1.72 bits per heavy atom. The molecule has 100 valence electrons. The van der Waals surface area contributed by atoms with Crippen molar-refractivity contribution in [1.82, 2.24) is 0 Å². The number of halogens is 1. The van der Waals surface area contributed by atoms with Gasteiger partial charge in [0.15, 0.2) is 0 Å². The maximum Gasteiger partial charge on any atom is 0.0575 e. The van der Waals surface area contributed by atoms with Gasteiger partial charge in [-0.25, -0.2) is 0 Å². The summed E-state index contributed by atoms with van der Waals surface area (Å²) in [5, 5.41) is 0.976. The molecular weight excluding hydrogens is 288 g/mol. The third kappa shape index (κ3) is 4.40. The van der Waals surface area contributed by atoms with Crippen molar-refractivity contribution in [2.75, 3.05) is 11.9 Å². The summed E-state index contributed by atoms with van der Waals surface area (Å²) in [6, 6.07) is 10.7. The Kier molecular flexibility index (Phi) is 6.22. The molecule has 1 aliphatic rings. The van der Waals surface area contributed by atoms with Crippen LogP contribution in [0.4, 0.5) is 0 Å². The van der Waals surface area contributed by atoms with E-state index in [0.29, 0.717) is 12.0 Å². The van der Waals surface area contributed by atoms with E-state index in [1.54, 1.807) is 0 Å². The Bertz CT molecular complexity index is 317. The summed E-state index contributed by atoms with van der Waals surface area (Å²) in [4.78, 5) is 0. The Hall–Kier alpha value is -0.340. The maximum absolute atomic E-state index is 6.14. The first-order valence-electron chi connectivity index (χ1n) is 7.12. The van der Waals surface area contributed by atoms with E-state index in [9.17, 15) is 0 Å². The standard InChI is InChI=1S/C16H23BrO/c17-12-15(14-8-4-3-5-9-14)13-18-16-10-6-1-2-7-11-16/h3-5,8-9,15-16H,1-2,6-7,10-13H2. The molecule has 0 aromatic heterocycles. The van der Waals surface area contributed by atoms with Crippen LogP contribution in [0.1, 0.15) is 50.0 Å². The van der Waals surface area contributed by atoms with Crippen LogP contribution in [0.25, 0.3) is 0 Å². The highest BCUT2D eigenvalue weighted by Crippen LogP contribution is 2.23. The minimum Gasteiger partial charge on any atom is -0.378 e. The van der Waals surface area contributed by atoms with Crippen molar-refractivity contribution >= 4 is 15.9 Å². The molecule has 1 fully saturated rings. The van der Waals surface area contributed by atoms with Crippen molar-refractivity contribution in [1.29, 1.82) is 0 Å². The molecule has 18 heavy (non-hydrogen) atoms. The fourth-order valence-corrected chi connectivity index (χ4v) is 3.18. The molecule has 1 saturated carbocycles. The second kappa shape index (κ2) is 7.96. The summed E-state index contributed by atoms with van der Waals surface area (Å²) >= 11 is 3.61. The molecule has 0 N–H and O–H groups in total. The lowest BCUT2D eigenvalue weighted by molar-refractivity contribution is 0.0368. The zero-order valence-electron chi connectivity index (χ0n) is 11.0. The van der Waals surface area contributed by atoms with Gasteiger partial charge in [-0.15, -0.1) is 0 Å². The van der Waals surface area contributed by atoms with Gasteiger partial charge in [0.2, 0.25) is 0 Å². The molecule has 0 amide bonds. The summed E-state index contributed by atoms with van der Waals surface area (Å²) < 4.78 is 6.14. The minimum absolute atomic E-state index is 0.481. The first kappa shape index (κ1) is 14.1. The average Bonchev–Trinajstić information content (AvgIpc) is 2.69. The molecule has 1 aliphatic carbocycles. The van der Waals surface area contributed by atoms with E-state index in [2.05, 4.69) is 46.3 Å². The Morgan fingerprint density at radius 1 is 1.06 bits per heavy atom. The van der Waals surface area contributed by atoms with E-state index in [4.69, 9.17) is 4.74 Å². The number of hydrogen-bond acceptors (Lipinski definition) is 1. The van der Waals surface area contributed by atoms with Gasteiger partial charge in [0, 0.05) is 11.2 Å². The van der Waals surface area contributed by atoms with Gasteiger partial charge in [0.25, 0.3) is 0 Å². The van der Waals surface area contributed by atoms with Crippen LogP contribution in [-0.2, 0) is 4.74 Å². The lowest BCUT2D eigenvalue weighted by Gasteiger charge is -2.20. The van der Waals surface area contributed by atoms with Crippen LogP contribution in [0.5, 0.6) is 0 Å². The molecule has 0 radical (unpaired) electrons. The average molecular weight is 311 g/mol. The van der Waals surface area contributed by atoms with Crippen LogP contribution in [0.15, 0.2) is 30.3 Å². The van der Waals surface area contributed by atoms with Crippen LogP contribution in [0.2, 0.25) is 0 Å². The van der Waals surface area contributed by atoms with Crippen LogP contribution in [0.3, 0.4) is 0 Å². The highest BCUT2D eigenvalue weighted by Gasteiger charge is 2.16. The van der Waals surface area contributed by atoms with Gasteiger partial charge >= 0.3 is 0 Å². The monoisotopic (exact) mass is 310 g/mol. The second-order valence-corrected chi connectivity index (χ2v) is 5.86. The van der Waals surface area contributed by atoms with Crippen molar-refractivity contribution in [3.63, 3.8) is 0 Å². The van der Waals surface area contributed by atoms with E-state index in [1.165, 1.54) is 44.1 Å². The van der Waals surface area contributed by atoms with Crippen molar-refractivity contribution < 1.29 is 4.74 Å². The molecule has 2 heteroatoms. The summed E-state index contributed by atoms with van der Waals surface area (Å²) in [5.41, 5.74) is 1.38. The van der Waals surface area contributed by atoms with Gasteiger partial charge < -0.3 is 4.74 Å². The second-order valence-electron chi connectivity index (χ2n) is 5.21. The van der Waals surface area contributed by atoms with Crippen LogP contribution in [-0.4, -0.2) is 18.0 Å². The van der Waals surface area contributed by atoms with E-state index in [-0.39, 0.29) is 0 Å². The number of ether oxygens (including phenoxy) is 1. The first-order valence-corrected chi connectivity index (χ1v) is 8.25. The lowest BCUT2D eigenvalue weighted by atomic mass is 10.0. The number of benzene rings is 1. The maximum atomic E-state index is 6.14. The molecular formula is C16H23BrO. The number of alkyl halides is 1. The molecule has 0 spiro atoms. The van der Waals surface area contributed by atoms with Crippen LogP contribution in [0, 0.1) is 0 Å². The fraction of sp³-hybridized carbons (Fsp3) is 0.625. The van der Waals surface area contributed by atoms with Crippen molar-refractivity contribution in [2.24, 2.45) is 0 Å². The van der Waals surface area contributed by atoms with E-state index < -0.39 is 0 Å². The molecule has 0 aliphatic heterocycles. The molecule has 0 saturated heterocycles. The van der Waals surface area contributed by atoms with Crippen molar-refractivity contribution in [3.05, 3.63) is 35.9 Å². The fourth-order valence-electron chi connectivity index (χ4n) is 2.62. The number of rotatable bonds is 5. The van der Waals surface area contributed by atoms with Gasteiger partial charge in [-0.1, -0.05) is 71.9 Å². The normalized spacial score (nSPS) is 19.4. The van der Waals surface area contributed by atoms with Gasteiger partial charge in [-0.05, 0) is 18.4 Å². The third-order valence-corrected chi connectivity index (χ3v) is 4.57. The molecule has 0 heterocycles. The summed E-state index contributed by atoms with van der Waals surface area (Å²) in [6.07, 6.45) is 8.47. The highest BCUT2D eigenvalue weighted by atomic mass is 79.9. The quantitative estimate of drug-likeness (QED) is 0.555. The largest absolute Gasteiger partial charge is 0.378 e. The predicted molar refractivity (Wildman–Crippen MR) is 80.4 cm³/mol. The Balaban J connectivity index is 1.83. The molecule has 1 aromatic carbocycles. The zero-order valence-corrected chi connectivity index (χ0v) is 12.6. The molecule has 1 nitrogen and oxygen atoms in total. The van der Waals surface area contributed by atoms with Gasteiger partial charge in [-0.2, -0.15) is 0 Å². The van der Waals surface area contributed by atoms with E-state index in [0.717, 1.165) is 11.9 Å². The molecule has 1 atom stereocenters. The lowest BCUT2D eigenvalue weighted by Crippen LogP contribution is -2.17. The number of hydrogen-bond donors (Lipinski definition) is 0. The van der Waals surface area contributed by atoms with Crippen molar-refractivity contribution in [3.8, 4) is 0 Å². The van der Waals surface area contributed by atoms with Crippen LogP contribution < -0.4 is 0 Å². The van der Waals surface area contributed by atoms with E-state index >= 15 is 0 Å². The van der Waals surface area contributed by atoms with Crippen LogP contribution >= 0.6 is 15.9 Å². The van der Waals surface area contributed by atoms with Gasteiger partial charge in [-0.3, -0.25) is 0 Å². The molecule has 1 unspecified atom stereocenters. The summed E-state index contributed by atoms with van der Waals surface area (Å²) in [6.45, 7) is 0.847. The third-order valence-electron chi connectivity index (χ3n) is 3.79. The van der Waals surface area contributed by atoms with Crippen molar-refractivity contribution in [2.45, 2.75) is 50.5 Å². The molecule has 0 bridgehead atoms. The zero-order chi connectivity index (χ0) is 12.6. The highest BCUT2D eigenvalue weighted by molar-refractivity contribution is 9.09. The molecule has 1 aromatic rings. The molecule has 2 rings (SSSR count). The minimum atomic E-state index is 0.481. The SMILES string of the molecule is BrCC(COC1CCCCCC1)c1ccccc1. The Labute approximate surface area is 119 Å². The topological polar surface area (TPSA) is 9.23 Å². The van der Waals surface area contributed by atoms with Gasteiger partial charge in [0.05, 0.1) is 12.7 Å². The summed E-state index contributed by atoms with van der Waals surface area (Å²) in [7, 11) is 0. The van der Waals surface area contributed by atoms with E-state index in [1.807, 2.05) is 0 Å². The van der Waals surface area contributed by atoms with Gasteiger partial charge in [0.1, 0.15) is 0 Å².